The highest BCUT2D eigenvalue weighted by atomic mass is 19.4. The number of alkyl halides is 6. The maximum atomic E-state index is 12.9. The van der Waals surface area contributed by atoms with E-state index in [9.17, 15) is 35.9 Å². The molecule has 1 atom stereocenters. The molecule has 128 valence electrons. The van der Waals surface area contributed by atoms with Crippen molar-refractivity contribution in [3.8, 4) is 0 Å². The Hall–Kier alpha value is -1.74. The van der Waals surface area contributed by atoms with Gasteiger partial charge < -0.3 is 9.47 Å². The topological polar surface area (TPSA) is 52.6 Å². The first-order valence-corrected chi connectivity index (χ1v) is 5.83. The lowest BCUT2D eigenvalue weighted by atomic mass is 9.94. The Balaban J connectivity index is 5.63. The van der Waals surface area contributed by atoms with Crippen LogP contribution in [-0.2, 0) is 19.1 Å². The molecule has 0 N–H and O–H groups in total. The molecule has 4 nitrogen and oxygen atoms in total. The summed E-state index contributed by atoms with van der Waals surface area (Å²) in [6.45, 7) is 5.54. The molecule has 0 aromatic rings. The minimum atomic E-state index is -5.94. The zero-order chi connectivity index (χ0) is 17.9. The standard InChI is InChI=1S/C12H14F6O4/c1-6(2)9(20)21-7(3)5-10(11(13,14)15,12(16,17)18)22-8(4)19/h7H,1,5H2,2-4H3. The van der Waals surface area contributed by atoms with E-state index in [4.69, 9.17) is 0 Å². The first-order chi connectivity index (χ1) is 9.64. The van der Waals surface area contributed by atoms with Gasteiger partial charge in [0.2, 0.25) is 0 Å². The van der Waals surface area contributed by atoms with Gasteiger partial charge in [-0.15, -0.1) is 0 Å². The predicted molar refractivity (Wildman–Crippen MR) is 61.6 cm³/mol. The third-order valence-electron chi connectivity index (χ3n) is 2.47. The molecule has 0 aromatic heterocycles. The average molecular weight is 336 g/mol. The van der Waals surface area contributed by atoms with E-state index in [0.29, 0.717) is 6.92 Å². The van der Waals surface area contributed by atoms with Gasteiger partial charge in [0, 0.05) is 18.9 Å². The molecule has 0 amide bonds. The Morgan fingerprint density at radius 2 is 1.45 bits per heavy atom. The van der Waals surface area contributed by atoms with Gasteiger partial charge in [0.1, 0.15) is 6.10 Å². The molecule has 0 saturated heterocycles. The van der Waals surface area contributed by atoms with Crippen LogP contribution in [0.3, 0.4) is 0 Å². The summed E-state index contributed by atoms with van der Waals surface area (Å²) in [7, 11) is 0. The van der Waals surface area contributed by atoms with Crippen molar-refractivity contribution in [2.45, 2.75) is 51.2 Å². The highest BCUT2D eigenvalue weighted by molar-refractivity contribution is 5.87. The Kier molecular flexibility index (Phi) is 6.05. The summed E-state index contributed by atoms with van der Waals surface area (Å²) in [5.74, 6) is -2.93. The molecule has 0 spiro atoms. The van der Waals surface area contributed by atoms with Gasteiger partial charge in [0.15, 0.2) is 0 Å². The van der Waals surface area contributed by atoms with E-state index in [1.807, 2.05) is 0 Å². The zero-order valence-electron chi connectivity index (χ0n) is 11.9. The van der Waals surface area contributed by atoms with Crippen LogP contribution in [0.25, 0.3) is 0 Å². The second-order valence-electron chi connectivity index (χ2n) is 4.62. The van der Waals surface area contributed by atoms with E-state index >= 15 is 0 Å². The van der Waals surface area contributed by atoms with E-state index in [-0.39, 0.29) is 5.57 Å². The molecule has 0 aliphatic heterocycles. The van der Waals surface area contributed by atoms with E-state index < -0.39 is 42.4 Å². The van der Waals surface area contributed by atoms with Crippen molar-refractivity contribution in [3.63, 3.8) is 0 Å². The zero-order valence-corrected chi connectivity index (χ0v) is 11.9. The molecule has 0 heterocycles. The minimum absolute atomic E-state index is 0.205. The summed E-state index contributed by atoms with van der Waals surface area (Å²) >= 11 is 0. The molecule has 0 bridgehead atoms. The third kappa shape index (κ3) is 4.63. The van der Waals surface area contributed by atoms with Crippen molar-refractivity contribution in [2.75, 3.05) is 0 Å². The van der Waals surface area contributed by atoms with Crippen LogP contribution in [0.5, 0.6) is 0 Å². The van der Waals surface area contributed by atoms with Gasteiger partial charge in [0.25, 0.3) is 0 Å². The maximum Gasteiger partial charge on any atom is 0.437 e. The second-order valence-corrected chi connectivity index (χ2v) is 4.62. The van der Waals surface area contributed by atoms with Crippen LogP contribution in [0.4, 0.5) is 26.3 Å². The Morgan fingerprint density at radius 1 is 1.05 bits per heavy atom. The van der Waals surface area contributed by atoms with E-state index in [1.54, 1.807) is 0 Å². The maximum absolute atomic E-state index is 12.9. The molecule has 10 heteroatoms. The smallest absolute Gasteiger partial charge is 0.437 e. The molecule has 0 aromatic carbocycles. The number of ether oxygens (including phenoxy) is 2. The summed E-state index contributed by atoms with van der Waals surface area (Å²) in [5.41, 5.74) is -4.97. The van der Waals surface area contributed by atoms with Gasteiger partial charge in [-0.2, -0.15) is 26.3 Å². The van der Waals surface area contributed by atoms with Crippen LogP contribution in [0.1, 0.15) is 27.2 Å². The fraction of sp³-hybridized carbons (Fsp3) is 0.667. The van der Waals surface area contributed by atoms with Crippen LogP contribution in [-0.4, -0.2) is 36.0 Å². The molecule has 0 aliphatic carbocycles. The molecule has 0 radical (unpaired) electrons. The van der Waals surface area contributed by atoms with Crippen LogP contribution in [0.15, 0.2) is 12.2 Å². The number of carbonyl (C=O) groups is 2. The first kappa shape index (κ1) is 20.3. The number of halogens is 6. The van der Waals surface area contributed by atoms with Crippen molar-refractivity contribution in [1.82, 2.24) is 0 Å². The van der Waals surface area contributed by atoms with Crippen molar-refractivity contribution in [1.29, 1.82) is 0 Å². The Bertz CT molecular complexity index is 438. The highest BCUT2D eigenvalue weighted by Gasteiger charge is 2.74. The number of hydrogen-bond acceptors (Lipinski definition) is 4. The van der Waals surface area contributed by atoms with Crippen molar-refractivity contribution in [2.24, 2.45) is 0 Å². The van der Waals surface area contributed by atoms with Gasteiger partial charge in [-0.05, 0) is 13.8 Å². The quantitative estimate of drug-likeness (QED) is 0.439. The van der Waals surface area contributed by atoms with Gasteiger partial charge in [-0.25, -0.2) is 4.79 Å². The molecular formula is C12H14F6O4. The lowest BCUT2D eigenvalue weighted by Gasteiger charge is -2.37. The SMILES string of the molecule is C=C(C)C(=O)OC(C)CC(OC(C)=O)(C(F)(F)F)C(F)(F)F. The number of carbonyl (C=O) groups excluding carboxylic acids is 2. The van der Waals surface area contributed by atoms with E-state index in [0.717, 1.165) is 6.92 Å². The minimum Gasteiger partial charge on any atom is -0.459 e. The summed E-state index contributed by atoms with van der Waals surface area (Å²) in [6, 6.07) is 0. The lowest BCUT2D eigenvalue weighted by molar-refractivity contribution is -0.374. The molecule has 0 fully saturated rings. The second kappa shape index (κ2) is 6.57. The lowest BCUT2D eigenvalue weighted by Crippen LogP contribution is -2.61. The summed E-state index contributed by atoms with van der Waals surface area (Å²) in [4.78, 5) is 21.9. The molecular weight excluding hydrogens is 322 g/mol. The molecule has 1 unspecified atom stereocenters. The van der Waals surface area contributed by atoms with Crippen molar-refractivity contribution < 1.29 is 45.4 Å². The predicted octanol–water partition coefficient (Wildman–Crippen LogP) is 3.31. The van der Waals surface area contributed by atoms with Crippen molar-refractivity contribution >= 4 is 11.9 Å². The van der Waals surface area contributed by atoms with Crippen LogP contribution < -0.4 is 0 Å². The van der Waals surface area contributed by atoms with Crippen LogP contribution in [0, 0.1) is 0 Å². The Labute approximate surface area is 122 Å². The fourth-order valence-electron chi connectivity index (χ4n) is 1.52. The van der Waals surface area contributed by atoms with Gasteiger partial charge in [0.05, 0.1) is 0 Å². The van der Waals surface area contributed by atoms with Crippen LogP contribution >= 0.6 is 0 Å². The first-order valence-electron chi connectivity index (χ1n) is 5.83. The summed E-state index contributed by atoms with van der Waals surface area (Å²) < 4.78 is 85.6. The van der Waals surface area contributed by atoms with Crippen molar-refractivity contribution in [3.05, 3.63) is 12.2 Å². The van der Waals surface area contributed by atoms with E-state index in [2.05, 4.69) is 16.1 Å². The summed E-state index contributed by atoms with van der Waals surface area (Å²) in [6.07, 6.45) is -15.5. The third-order valence-corrected chi connectivity index (χ3v) is 2.47. The summed E-state index contributed by atoms with van der Waals surface area (Å²) in [5, 5.41) is 0. The normalized spacial score (nSPS) is 14.2. The number of rotatable bonds is 5. The average Bonchev–Trinajstić information content (AvgIpc) is 2.23. The van der Waals surface area contributed by atoms with E-state index in [1.165, 1.54) is 6.92 Å². The van der Waals surface area contributed by atoms with Crippen LogP contribution in [0.2, 0.25) is 0 Å². The van der Waals surface area contributed by atoms with Gasteiger partial charge in [-0.1, -0.05) is 6.58 Å². The monoisotopic (exact) mass is 336 g/mol. The molecule has 0 aliphatic rings. The molecule has 0 rings (SSSR count). The van der Waals surface area contributed by atoms with Gasteiger partial charge in [-0.3, -0.25) is 4.79 Å². The van der Waals surface area contributed by atoms with Gasteiger partial charge >= 0.3 is 29.9 Å². The largest absolute Gasteiger partial charge is 0.459 e. The number of hydrogen-bond donors (Lipinski definition) is 0. The Morgan fingerprint density at radius 3 is 1.73 bits per heavy atom. The highest BCUT2D eigenvalue weighted by Crippen LogP contribution is 2.49. The number of esters is 2. The molecule has 0 saturated carbocycles. The fourth-order valence-corrected chi connectivity index (χ4v) is 1.52. The molecule has 22 heavy (non-hydrogen) atoms.